The first kappa shape index (κ1) is 9.13. The highest BCUT2D eigenvalue weighted by atomic mass is 35.5. The summed E-state index contributed by atoms with van der Waals surface area (Å²) in [5.41, 5.74) is 0.603. The maximum Gasteiger partial charge on any atom is 0.280 e. The van der Waals surface area contributed by atoms with E-state index >= 15 is 0 Å². The highest BCUT2D eigenvalue weighted by Crippen LogP contribution is 2.14. The van der Waals surface area contributed by atoms with Crippen LogP contribution in [0.1, 0.15) is 5.69 Å². The van der Waals surface area contributed by atoms with E-state index in [4.69, 9.17) is 11.6 Å². The van der Waals surface area contributed by atoms with Gasteiger partial charge >= 0.3 is 0 Å². The monoisotopic (exact) mass is 186 g/mol. The standard InChI is InChI=1S/C8H11ClN2O/c1-6-4-7(9)5-8(10(2)3)11(6)12/h4-5H,1-3H3. The molecule has 1 aromatic rings. The molecule has 66 valence electrons. The van der Waals surface area contributed by atoms with E-state index in [1.807, 2.05) is 0 Å². The Morgan fingerprint density at radius 1 is 1.42 bits per heavy atom. The lowest BCUT2D eigenvalue weighted by molar-refractivity contribution is -0.599. The van der Waals surface area contributed by atoms with Gasteiger partial charge in [0.1, 0.15) is 5.69 Å². The molecule has 0 aromatic carbocycles. The Balaban J connectivity index is 3.28. The second kappa shape index (κ2) is 3.19. The Bertz CT molecular complexity index is 299. The maximum absolute atomic E-state index is 11.4. The van der Waals surface area contributed by atoms with Crippen LogP contribution in [0.5, 0.6) is 0 Å². The fourth-order valence-electron chi connectivity index (χ4n) is 0.973. The van der Waals surface area contributed by atoms with E-state index in [2.05, 4.69) is 0 Å². The number of anilines is 1. The van der Waals surface area contributed by atoms with Crippen molar-refractivity contribution < 1.29 is 4.73 Å². The molecule has 0 N–H and O–H groups in total. The molecule has 0 spiro atoms. The van der Waals surface area contributed by atoms with Crippen LogP contribution in [0.15, 0.2) is 12.1 Å². The fraction of sp³-hybridized carbons (Fsp3) is 0.375. The summed E-state index contributed by atoms with van der Waals surface area (Å²) in [5, 5.41) is 12.0. The third kappa shape index (κ3) is 1.61. The number of hydrogen-bond acceptors (Lipinski definition) is 2. The summed E-state index contributed by atoms with van der Waals surface area (Å²) in [5.74, 6) is 0.556. The van der Waals surface area contributed by atoms with Gasteiger partial charge in [-0.05, 0) is 13.0 Å². The molecule has 1 heterocycles. The van der Waals surface area contributed by atoms with Gasteiger partial charge in [0.15, 0.2) is 0 Å². The summed E-state index contributed by atoms with van der Waals surface area (Å²) >= 11 is 5.79. The van der Waals surface area contributed by atoms with Crippen molar-refractivity contribution in [3.63, 3.8) is 0 Å². The first-order valence-electron chi connectivity index (χ1n) is 3.59. The predicted molar refractivity (Wildman–Crippen MR) is 49.5 cm³/mol. The van der Waals surface area contributed by atoms with Gasteiger partial charge in [0, 0.05) is 6.07 Å². The molecule has 0 amide bonds. The summed E-state index contributed by atoms with van der Waals surface area (Å²) in [6, 6.07) is 3.28. The molecule has 3 nitrogen and oxygen atoms in total. The van der Waals surface area contributed by atoms with Gasteiger partial charge in [-0.25, -0.2) is 4.73 Å². The molecule has 4 heteroatoms. The molecule has 0 aliphatic carbocycles. The molecule has 0 atom stereocenters. The molecule has 0 fully saturated rings. The highest BCUT2D eigenvalue weighted by Gasteiger charge is 2.09. The molecular weight excluding hydrogens is 176 g/mol. The topological polar surface area (TPSA) is 30.2 Å². The number of pyridine rings is 1. The van der Waals surface area contributed by atoms with Crippen LogP contribution < -0.4 is 9.63 Å². The van der Waals surface area contributed by atoms with Crippen LogP contribution >= 0.6 is 11.6 Å². The quantitative estimate of drug-likeness (QED) is 0.490. The van der Waals surface area contributed by atoms with E-state index in [0.717, 1.165) is 4.73 Å². The predicted octanol–water partition coefficient (Wildman–Crippen LogP) is 1.35. The normalized spacial score (nSPS) is 10.0. The summed E-state index contributed by atoms with van der Waals surface area (Å²) in [6.07, 6.45) is 0. The van der Waals surface area contributed by atoms with Gasteiger partial charge in [0.25, 0.3) is 5.82 Å². The van der Waals surface area contributed by atoms with Crippen molar-refractivity contribution in [2.75, 3.05) is 19.0 Å². The van der Waals surface area contributed by atoms with Crippen LogP contribution in [0.4, 0.5) is 5.82 Å². The Hall–Kier alpha value is -0.960. The van der Waals surface area contributed by atoms with Gasteiger partial charge in [-0.2, -0.15) is 0 Å². The van der Waals surface area contributed by atoms with Crippen molar-refractivity contribution in [2.45, 2.75) is 6.92 Å². The summed E-state index contributed by atoms with van der Waals surface area (Å²) in [6.45, 7) is 1.73. The zero-order valence-electron chi connectivity index (χ0n) is 7.34. The number of hydrogen-bond donors (Lipinski definition) is 0. The largest absolute Gasteiger partial charge is 0.710 e. The van der Waals surface area contributed by atoms with Crippen LogP contribution in [0.2, 0.25) is 5.02 Å². The van der Waals surface area contributed by atoms with Crippen molar-refractivity contribution >= 4 is 17.4 Å². The number of halogens is 1. The van der Waals surface area contributed by atoms with Crippen molar-refractivity contribution in [3.05, 3.63) is 28.1 Å². The van der Waals surface area contributed by atoms with E-state index in [1.54, 1.807) is 38.1 Å². The van der Waals surface area contributed by atoms with Crippen LogP contribution in [-0.2, 0) is 0 Å². The molecule has 1 aromatic heterocycles. The number of nitrogens with zero attached hydrogens (tertiary/aromatic N) is 2. The molecule has 0 bridgehead atoms. The SMILES string of the molecule is Cc1cc(Cl)cc(N(C)C)[n+]1[O-]. The molecule has 1 rings (SSSR count). The van der Waals surface area contributed by atoms with Crippen molar-refractivity contribution in [1.29, 1.82) is 0 Å². The van der Waals surface area contributed by atoms with Crippen LogP contribution in [0.25, 0.3) is 0 Å². The number of aromatic nitrogens is 1. The average molecular weight is 187 g/mol. The second-order valence-corrected chi connectivity index (χ2v) is 3.30. The lowest BCUT2D eigenvalue weighted by Gasteiger charge is -2.15. The molecule has 0 unspecified atom stereocenters. The molecule has 0 radical (unpaired) electrons. The summed E-state index contributed by atoms with van der Waals surface area (Å²) in [4.78, 5) is 1.73. The Kier molecular flexibility index (Phi) is 2.43. The van der Waals surface area contributed by atoms with Gasteiger partial charge in [-0.15, -0.1) is 0 Å². The molecular formula is C8H11ClN2O. The van der Waals surface area contributed by atoms with Crippen LogP contribution in [-0.4, -0.2) is 14.1 Å². The molecule has 0 aliphatic rings. The lowest BCUT2D eigenvalue weighted by atomic mass is 10.3. The molecule has 0 aliphatic heterocycles. The number of rotatable bonds is 1. The first-order chi connectivity index (χ1) is 5.52. The van der Waals surface area contributed by atoms with E-state index in [-0.39, 0.29) is 0 Å². The van der Waals surface area contributed by atoms with Gasteiger partial charge in [-0.1, -0.05) is 11.6 Å². The minimum atomic E-state index is 0.556. The molecule has 0 saturated heterocycles. The van der Waals surface area contributed by atoms with E-state index in [1.165, 1.54) is 0 Å². The Labute approximate surface area is 76.8 Å². The Morgan fingerprint density at radius 2 is 2.00 bits per heavy atom. The average Bonchev–Trinajstić information content (AvgIpc) is 1.96. The number of aryl methyl sites for hydroxylation is 1. The van der Waals surface area contributed by atoms with Crippen LogP contribution in [0, 0.1) is 12.1 Å². The van der Waals surface area contributed by atoms with Crippen molar-refractivity contribution in [1.82, 2.24) is 0 Å². The minimum Gasteiger partial charge on any atom is -0.710 e. The Morgan fingerprint density at radius 3 is 2.50 bits per heavy atom. The third-order valence-corrected chi connectivity index (χ3v) is 1.82. The fourth-order valence-corrected chi connectivity index (χ4v) is 1.23. The van der Waals surface area contributed by atoms with Crippen molar-refractivity contribution in [3.8, 4) is 0 Å². The zero-order chi connectivity index (χ0) is 9.30. The summed E-state index contributed by atoms with van der Waals surface area (Å²) in [7, 11) is 3.61. The van der Waals surface area contributed by atoms with E-state index in [9.17, 15) is 5.21 Å². The molecule has 12 heavy (non-hydrogen) atoms. The van der Waals surface area contributed by atoms with Gasteiger partial charge < -0.3 is 5.21 Å². The molecule has 0 saturated carbocycles. The first-order valence-corrected chi connectivity index (χ1v) is 3.97. The maximum atomic E-state index is 11.4. The third-order valence-electron chi connectivity index (χ3n) is 1.60. The second-order valence-electron chi connectivity index (χ2n) is 2.86. The van der Waals surface area contributed by atoms with Crippen LogP contribution in [0.3, 0.4) is 0 Å². The van der Waals surface area contributed by atoms with E-state index < -0.39 is 0 Å². The highest BCUT2D eigenvalue weighted by molar-refractivity contribution is 6.30. The van der Waals surface area contributed by atoms with Gasteiger partial charge in [0.2, 0.25) is 0 Å². The zero-order valence-corrected chi connectivity index (χ0v) is 8.09. The lowest BCUT2D eigenvalue weighted by Crippen LogP contribution is -2.37. The van der Waals surface area contributed by atoms with E-state index in [0.29, 0.717) is 16.5 Å². The minimum absolute atomic E-state index is 0.556. The van der Waals surface area contributed by atoms with Crippen molar-refractivity contribution in [2.24, 2.45) is 0 Å². The smallest absolute Gasteiger partial charge is 0.280 e. The van der Waals surface area contributed by atoms with Gasteiger partial charge in [-0.3, -0.25) is 4.90 Å². The van der Waals surface area contributed by atoms with Gasteiger partial charge in [0.05, 0.1) is 19.1 Å². The summed E-state index contributed by atoms with van der Waals surface area (Å²) < 4.78 is 0.853.